The monoisotopic (exact) mass is 293 g/mol. The molecule has 0 N–H and O–H groups in total. The van der Waals surface area contributed by atoms with Crippen LogP contribution in [0.2, 0.25) is 5.02 Å². The average molecular weight is 294 g/mol. The minimum absolute atomic E-state index is 0.107. The number of halogens is 1. The smallest absolute Gasteiger partial charge is 0.272 e. The summed E-state index contributed by atoms with van der Waals surface area (Å²) in [5, 5.41) is 15.4. The molecule has 7 heteroatoms. The molecule has 2 aromatic rings. The van der Waals surface area contributed by atoms with E-state index in [4.69, 9.17) is 11.6 Å². The Morgan fingerprint density at radius 1 is 1.35 bits per heavy atom. The quantitative estimate of drug-likeness (QED) is 0.644. The number of aryl methyl sites for hydroxylation is 1. The Hall–Kier alpha value is -2.21. The van der Waals surface area contributed by atoms with Crippen molar-refractivity contribution in [3.63, 3.8) is 0 Å². The van der Waals surface area contributed by atoms with Gasteiger partial charge in [-0.3, -0.25) is 14.9 Å². The van der Waals surface area contributed by atoms with Gasteiger partial charge < -0.3 is 0 Å². The van der Waals surface area contributed by atoms with Gasteiger partial charge in [-0.2, -0.15) is 9.78 Å². The summed E-state index contributed by atoms with van der Waals surface area (Å²) in [7, 11) is 0. The van der Waals surface area contributed by atoms with Gasteiger partial charge in [0.1, 0.15) is 11.4 Å². The van der Waals surface area contributed by atoms with E-state index in [9.17, 15) is 14.9 Å². The Balaban J connectivity index is 2.28. The first kappa shape index (κ1) is 14.2. The number of benzene rings is 1. The van der Waals surface area contributed by atoms with Gasteiger partial charge >= 0.3 is 5.69 Å². The molecule has 1 aromatic heterocycles. The van der Waals surface area contributed by atoms with Crippen molar-refractivity contribution in [3.05, 3.63) is 56.4 Å². The van der Waals surface area contributed by atoms with Crippen LogP contribution in [0.3, 0.4) is 0 Å². The summed E-state index contributed by atoms with van der Waals surface area (Å²) in [5.74, 6) is -0.318. The maximum Gasteiger partial charge on any atom is 0.313 e. The fourth-order valence-electron chi connectivity index (χ4n) is 1.99. The van der Waals surface area contributed by atoms with E-state index in [2.05, 4.69) is 5.10 Å². The van der Waals surface area contributed by atoms with E-state index in [1.807, 2.05) is 0 Å². The van der Waals surface area contributed by atoms with Crippen molar-refractivity contribution < 1.29 is 9.72 Å². The maximum absolute atomic E-state index is 12.2. The van der Waals surface area contributed by atoms with Crippen molar-refractivity contribution in [2.75, 3.05) is 0 Å². The van der Waals surface area contributed by atoms with Crippen LogP contribution in [0.4, 0.5) is 5.69 Å². The molecule has 104 valence electrons. The molecule has 1 heterocycles. The number of nitrogens with zero attached hydrogens (tertiary/aromatic N) is 3. The zero-order chi connectivity index (χ0) is 14.9. The molecule has 0 spiro atoms. The Labute approximate surface area is 120 Å². The Morgan fingerprint density at radius 2 is 1.95 bits per heavy atom. The molecule has 0 amide bonds. The van der Waals surface area contributed by atoms with Crippen LogP contribution in [0.1, 0.15) is 21.7 Å². The normalized spacial score (nSPS) is 10.6. The number of carbonyl (C=O) groups excluding carboxylic acids is 1. The third-order valence-corrected chi connectivity index (χ3v) is 3.19. The summed E-state index contributed by atoms with van der Waals surface area (Å²) < 4.78 is 1.09. The van der Waals surface area contributed by atoms with Crippen molar-refractivity contribution in [3.8, 4) is 0 Å². The molecule has 0 unspecified atom stereocenters. The molecule has 20 heavy (non-hydrogen) atoms. The van der Waals surface area contributed by atoms with Crippen LogP contribution in [0, 0.1) is 24.0 Å². The predicted molar refractivity (Wildman–Crippen MR) is 74.1 cm³/mol. The van der Waals surface area contributed by atoms with Crippen molar-refractivity contribution in [1.29, 1.82) is 0 Å². The van der Waals surface area contributed by atoms with E-state index in [1.54, 1.807) is 24.3 Å². The van der Waals surface area contributed by atoms with Crippen molar-refractivity contribution in [2.45, 2.75) is 20.3 Å². The molecule has 0 bridgehead atoms. The topological polar surface area (TPSA) is 78.0 Å². The van der Waals surface area contributed by atoms with Crippen molar-refractivity contribution in [1.82, 2.24) is 9.78 Å². The number of carbonyl (C=O) groups is 1. The fraction of sp³-hybridized carbons (Fsp3) is 0.231. The molecule has 2 rings (SSSR count). The zero-order valence-corrected chi connectivity index (χ0v) is 11.7. The van der Waals surface area contributed by atoms with Gasteiger partial charge in [-0.05, 0) is 31.5 Å². The average Bonchev–Trinajstić information content (AvgIpc) is 2.67. The molecule has 0 radical (unpaired) electrons. The highest BCUT2D eigenvalue weighted by molar-refractivity contribution is 6.30. The third-order valence-electron chi connectivity index (χ3n) is 2.94. The van der Waals surface area contributed by atoms with Gasteiger partial charge in [-0.15, -0.1) is 0 Å². The zero-order valence-electron chi connectivity index (χ0n) is 11.0. The van der Waals surface area contributed by atoms with Crippen LogP contribution in [0.5, 0.6) is 0 Å². The van der Waals surface area contributed by atoms with Crippen LogP contribution in [-0.2, 0) is 6.42 Å². The SMILES string of the molecule is Cc1nn(C(=O)Cc2ccc(Cl)cc2)c(C)c1[N+](=O)[O-]. The molecule has 6 nitrogen and oxygen atoms in total. The van der Waals surface area contributed by atoms with Crippen LogP contribution in [0.15, 0.2) is 24.3 Å². The Morgan fingerprint density at radius 3 is 2.45 bits per heavy atom. The van der Waals surface area contributed by atoms with Crippen LogP contribution < -0.4 is 0 Å². The summed E-state index contributed by atoms with van der Waals surface area (Å²) in [6.45, 7) is 3.02. The van der Waals surface area contributed by atoms with Gasteiger partial charge in [-0.1, -0.05) is 23.7 Å². The largest absolute Gasteiger partial charge is 0.313 e. The molecule has 0 saturated carbocycles. The lowest BCUT2D eigenvalue weighted by Gasteiger charge is -2.03. The second-order valence-corrected chi connectivity index (χ2v) is 4.82. The number of hydrogen-bond acceptors (Lipinski definition) is 4. The second kappa shape index (κ2) is 5.42. The highest BCUT2D eigenvalue weighted by Gasteiger charge is 2.24. The second-order valence-electron chi connectivity index (χ2n) is 4.39. The van der Waals surface area contributed by atoms with Gasteiger partial charge in [0.15, 0.2) is 0 Å². The molecule has 0 aliphatic heterocycles. The number of rotatable bonds is 3. The summed E-state index contributed by atoms with van der Waals surface area (Å²) in [4.78, 5) is 22.5. The van der Waals surface area contributed by atoms with Gasteiger partial charge in [0.05, 0.1) is 11.3 Å². The number of hydrogen-bond donors (Lipinski definition) is 0. The van der Waals surface area contributed by atoms with E-state index in [0.717, 1.165) is 10.2 Å². The lowest BCUT2D eigenvalue weighted by atomic mass is 10.1. The predicted octanol–water partition coefficient (Wildman–Crippen LogP) is 2.94. The van der Waals surface area contributed by atoms with Gasteiger partial charge in [-0.25, -0.2) is 0 Å². The Bertz CT molecular complexity index is 677. The summed E-state index contributed by atoms with van der Waals surface area (Å²) in [6, 6.07) is 6.85. The highest BCUT2D eigenvalue weighted by Crippen LogP contribution is 2.22. The minimum atomic E-state index is -0.524. The summed E-state index contributed by atoms with van der Waals surface area (Å²) in [5.41, 5.74) is 1.13. The molecule has 0 fully saturated rings. The first-order valence-electron chi connectivity index (χ1n) is 5.88. The first-order chi connectivity index (χ1) is 9.40. The van der Waals surface area contributed by atoms with Gasteiger partial charge in [0.2, 0.25) is 0 Å². The van der Waals surface area contributed by atoms with Crippen LogP contribution >= 0.6 is 11.6 Å². The highest BCUT2D eigenvalue weighted by atomic mass is 35.5. The third kappa shape index (κ3) is 2.70. The number of aromatic nitrogens is 2. The molecule has 0 saturated heterocycles. The van der Waals surface area contributed by atoms with E-state index in [0.29, 0.717) is 5.02 Å². The fourth-order valence-corrected chi connectivity index (χ4v) is 2.12. The molecular weight excluding hydrogens is 282 g/mol. The molecule has 0 aliphatic rings. The van der Waals surface area contributed by atoms with E-state index >= 15 is 0 Å². The van der Waals surface area contributed by atoms with E-state index < -0.39 is 4.92 Å². The van der Waals surface area contributed by atoms with Crippen molar-refractivity contribution >= 4 is 23.2 Å². The van der Waals surface area contributed by atoms with Gasteiger partial charge in [0.25, 0.3) is 5.91 Å². The maximum atomic E-state index is 12.2. The lowest BCUT2D eigenvalue weighted by molar-refractivity contribution is -0.386. The first-order valence-corrected chi connectivity index (χ1v) is 6.26. The summed E-state index contributed by atoms with van der Waals surface area (Å²) >= 11 is 5.77. The van der Waals surface area contributed by atoms with Crippen LogP contribution in [-0.4, -0.2) is 20.6 Å². The Kier molecular flexibility index (Phi) is 3.85. The summed E-state index contributed by atoms with van der Waals surface area (Å²) in [6.07, 6.45) is 0.107. The van der Waals surface area contributed by atoms with Crippen molar-refractivity contribution in [2.24, 2.45) is 0 Å². The van der Waals surface area contributed by atoms with E-state index in [-0.39, 0.29) is 29.4 Å². The van der Waals surface area contributed by atoms with Gasteiger partial charge in [0, 0.05) is 5.02 Å². The molecular formula is C13H12ClN3O3. The van der Waals surface area contributed by atoms with Crippen LogP contribution in [0.25, 0.3) is 0 Å². The van der Waals surface area contributed by atoms with E-state index in [1.165, 1.54) is 13.8 Å². The molecule has 1 aromatic carbocycles. The minimum Gasteiger partial charge on any atom is -0.272 e. The standard InChI is InChI=1S/C13H12ClN3O3/c1-8-13(17(19)20)9(2)16(15-8)12(18)7-10-3-5-11(14)6-4-10/h3-6H,7H2,1-2H3. The molecule has 0 aliphatic carbocycles. The lowest BCUT2D eigenvalue weighted by Crippen LogP contribution is -2.16. The number of nitro groups is 1. The molecule has 0 atom stereocenters.